The Morgan fingerprint density at radius 1 is 1.82 bits per heavy atom. The molecular weight excluding hydrogens is 162 g/mol. The third kappa shape index (κ3) is 1.38. The number of hydrogen-bond donors (Lipinski definition) is 2. The van der Waals surface area contributed by atoms with E-state index in [9.17, 15) is 4.79 Å². The molecule has 0 saturated carbocycles. The molecule has 4 nitrogen and oxygen atoms in total. The Morgan fingerprint density at radius 2 is 2.45 bits per heavy atom. The number of hydrogen-bond acceptors (Lipinski definition) is 3. The van der Waals surface area contributed by atoms with Crippen molar-refractivity contribution in [1.29, 1.82) is 0 Å². The van der Waals surface area contributed by atoms with E-state index in [-0.39, 0.29) is 12.2 Å². The number of H-pyrrole nitrogens is 1. The lowest BCUT2D eigenvalue weighted by Crippen LogP contribution is -2.26. The summed E-state index contributed by atoms with van der Waals surface area (Å²) in [6.07, 6.45) is 1.58. The molecule has 11 heavy (non-hydrogen) atoms. The Balaban J connectivity index is 3.55. The zero-order chi connectivity index (χ0) is 8.43. The summed E-state index contributed by atoms with van der Waals surface area (Å²) >= 11 is 4.83. The van der Waals surface area contributed by atoms with Crippen molar-refractivity contribution in [2.45, 2.75) is 13.6 Å². The molecule has 3 N–H and O–H groups in total. The van der Waals surface area contributed by atoms with Gasteiger partial charge in [0.15, 0.2) is 4.77 Å². The van der Waals surface area contributed by atoms with Gasteiger partial charge in [-0.25, -0.2) is 0 Å². The molecule has 5 heteroatoms. The van der Waals surface area contributed by atoms with Gasteiger partial charge in [-0.1, -0.05) is 0 Å². The summed E-state index contributed by atoms with van der Waals surface area (Å²) in [4.78, 5) is 14.0. The fourth-order valence-electron chi connectivity index (χ4n) is 0.781. The van der Waals surface area contributed by atoms with Crippen LogP contribution < -0.4 is 11.3 Å². The molecule has 1 aromatic heterocycles. The Labute approximate surface area is 68.7 Å². The van der Waals surface area contributed by atoms with Gasteiger partial charge in [-0.2, -0.15) is 0 Å². The Bertz CT molecular complexity index is 365. The van der Waals surface area contributed by atoms with Crippen LogP contribution in [0.25, 0.3) is 0 Å². The first-order valence-corrected chi connectivity index (χ1v) is 3.57. The van der Waals surface area contributed by atoms with E-state index in [1.54, 1.807) is 13.1 Å². The number of nitrogens with zero attached hydrogens (tertiary/aromatic N) is 1. The van der Waals surface area contributed by atoms with Gasteiger partial charge in [-0.05, 0) is 19.1 Å². The SMILES string of the molecule is Cc1c[nH]c(=S)n(CN)c1=O. The summed E-state index contributed by atoms with van der Waals surface area (Å²) in [7, 11) is 0. The van der Waals surface area contributed by atoms with Gasteiger partial charge < -0.3 is 10.7 Å². The maximum atomic E-state index is 11.2. The van der Waals surface area contributed by atoms with Gasteiger partial charge in [0.25, 0.3) is 5.56 Å². The summed E-state index contributed by atoms with van der Waals surface area (Å²) < 4.78 is 1.67. The molecule has 0 fully saturated rings. The van der Waals surface area contributed by atoms with Crippen LogP contribution in [-0.2, 0) is 6.67 Å². The summed E-state index contributed by atoms with van der Waals surface area (Å²) in [5, 5.41) is 0. The van der Waals surface area contributed by atoms with Crippen LogP contribution in [0.5, 0.6) is 0 Å². The minimum atomic E-state index is -0.128. The van der Waals surface area contributed by atoms with Crippen molar-refractivity contribution in [3.8, 4) is 0 Å². The summed E-state index contributed by atoms with van der Waals surface area (Å²) in [5.41, 5.74) is 5.78. The second-order valence-corrected chi connectivity index (χ2v) is 2.58. The molecule has 1 aromatic rings. The van der Waals surface area contributed by atoms with E-state index in [4.69, 9.17) is 18.0 Å². The Hall–Kier alpha value is -0.940. The Morgan fingerprint density at radius 3 is 2.91 bits per heavy atom. The zero-order valence-corrected chi connectivity index (χ0v) is 6.94. The normalized spacial score (nSPS) is 10.0. The van der Waals surface area contributed by atoms with E-state index < -0.39 is 0 Å². The summed E-state index contributed by atoms with van der Waals surface area (Å²) in [6.45, 7) is 1.83. The van der Waals surface area contributed by atoms with E-state index in [0.29, 0.717) is 10.3 Å². The predicted molar refractivity (Wildman–Crippen MR) is 44.8 cm³/mol. The van der Waals surface area contributed by atoms with Crippen LogP contribution in [0.1, 0.15) is 5.56 Å². The van der Waals surface area contributed by atoms with Crippen molar-refractivity contribution in [2.24, 2.45) is 5.73 Å². The summed E-state index contributed by atoms with van der Waals surface area (Å²) in [5.74, 6) is 0. The van der Waals surface area contributed by atoms with Crippen LogP contribution in [0.15, 0.2) is 11.0 Å². The highest BCUT2D eigenvalue weighted by molar-refractivity contribution is 7.71. The molecule has 1 rings (SSSR count). The first kappa shape index (κ1) is 8.16. The van der Waals surface area contributed by atoms with Crippen LogP contribution in [0, 0.1) is 11.7 Å². The highest BCUT2D eigenvalue weighted by Gasteiger charge is 1.97. The maximum Gasteiger partial charge on any atom is 0.258 e. The monoisotopic (exact) mass is 171 g/mol. The van der Waals surface area contributed by atoms with Crippen molar-refractivity contribution < 1.29 is 0 Å². The van der Waals surface area contributed by atoms with Gasteiger partial charge in [0.05, 0.1) is 6.67 Å². The molecule has 0 aliphatic heterocycles. The molecule has 0 aliphatic carbocycles. The third-order valence-electron chi connectivity index (χ3n) is 1.42. The number of aryl methyl sites for hydroxylation is 1. The molecule has 0 saturated heterocycles. The highest BCUT2D eigenvalue weighted by Crippen LogP contribution is 1.85. The predicted octanol–water partition coefficient (Wildman–Crippen LogP) is 0.131. The molecule has 0 amide bonds. The maximum absolute atomic E-state index is 11.2. The highest BCUT2D eigenvalue weighted by atomic mass is 32.1. The number of aromatic nitrogens is 2. The van der Waals surface area contributed by atoms with Crippen molar-refractivity contribution >= 4 is 12.2 Å². The first-order chi connectivity index (χ1) is 5.16. The lowest BCUT2D eigenvalue weighted by Gasteiger charge is -2.01. The average molecular weight is 171 g/mol. The number of nitrogens with two attached hydrogens (primary N) is 1. The standard InChI is InChI=1S/C6H9N3OS/c1-4-2-8-6(11)9(3-7)5(4)10/h2H,3,7H2,1H3,(H,8,11). The lowest BCUT2D eigenvalue weighted by atomic mass is 10.4. The molecule has 0 radical (unpaired) electrons. The minimum Gasteiger partial charge on any atom is -0.338 e. The van der Waals surface area contributed by atoms with Gasteiger partial charge in [0.2, 0.25) is 0 Å². The van der Waals surface area contributed by atoms with E-state index in [1.165, 1.54) is 4.57 Å². The van der Waals surface area contributed by atoms with Crippen LogP contribution in [0.4, 0.5) is 0 Å². The molecule has 60 valence electrons. The second-order valence-electron chi connectivity index (χ2n) is 2.19. The minimum absolute atomic E-state index is 0.121. The van der Waals surface area contributed by atoms with Crippen molar-refractivity contribution in [3.63, 3.8) is 0 Å². The van der Waals surface area contributed by atoms with Crippen molar-refractivity contribution in [1.82, 2.24) is 9.55 Å². The van der Waals surface area contributed by atoms with E-state index >= 15 is 0 Å². The number of nitrogens with one attached hydrogen (secondary N) is 1. The van der Waals surface area contributed by atoms with Crippen molar-refractivity contribution in [2.75, 3.05) is 0 Å². The quantitative estimate of drug-likeness (QED) is 0.590. The molecule has 1 heterocycles. The van der Waals surface area contributed by atoms with Crippen molar-refractivity contribution in [3.05, 3.63) is 26.9 Å². The molecule has 0 unspecified atom stereocenters. The molecule has 0 bridgehead atoms. The molecule has 0 aliphatic rings. The Kier molecular flexibility index (Phi) is 2.21. The molecule has 0 atom stereocenters. The van der Waals surface area contributed by atoms with Gasteiger partial charge >= 0.3 is 0 Å². The zero-order valence-electron chi connectivity index (χ0n) is 6.13. The fourth-order valence-corrected chi connectivity index (χ4v) is 0.997. The number of aromatic amines is 1. The van der Waals surface area contributed by atoms with Crippen LogP contribution >= 0.6 is 12.2 Å². The van der Waals surface area contributed by atoms with Gasteiger partial charge in [-0.15, -0.1) is 0 Å². The van der Waals surface area contributed by atoms with Crippen LogP contribution in [-0.4, -0.2) is 9.55 Å². The van der Waals surface area contributed by atoms with Gasteiger partial charge in [0.1, 0.15) is 0 Å². The van der Waals surface area contributed by atoms with Gasteiger partial charge in [0, 0.05) is 11.8 Å². The van der Waals surface area contributed by atoms with E-state index in [0.717, 1.165) is 0 Å². The first-order valence-electron chi connectivity index (χ1n) is 3.16. The van der Waals surface area contributed by atoms with Gasteiger partial charge in [-0.3, -0.25) is 9.36 Å². The topological polar surface area (TPSA) is 63.8 Å². The largest absolute Gasteiger partial charge is 0.338 e. The van der Waals surface area contributed by atoms with Crippen LogP contribution in [0.2, 0.25) is 0 Å². The molecular formula is C6H9N3OS. The summed E-state index contributed by atoms with van der Waals surface area (Å²) in [6, 6.07) is 0. The van der Waals surface area contributed by atoms with E-state index in [2.05, 4.69) is 4.98 Å². The molecule has 0 spiro atoms. The third-order valence-corrected chi connectivity index (χ3v) is 1.76. The van der Waals surface area contributed by atoms with E-state index in [1.807, 2.05) is 0 Å². The smallest absolute Gasteiger partial charge is 0.258 e. The second kappa shape index (κ2) is 2.98. The fraction of sp³-hybridized carbons (Fsp3) is 0.333. The lowest BCUT2D eigenvalue weighted by molar-refractivity contribution is 0.664. The van der Waals surface area contributed by atoms with Crippen LogP contribution in [0.3, 0.4) is 0 Å². The average Bonchev–Trinajstić information content (AvgIpc) is 1.99. The number of rotatable bonds is 1. The molecule has 0 aromatic carbocycles.